The van der Waals surface area contributed by atoms with Crippen molar-refractivity contribution in [3.8, 4) is 12.1 Å². The minimum absolute atomic E-state index is 0.179. The molecule has 0 spiro atoms. The third-order valence-corrected chi connectivity index (χ3v) is 1.93. The molecule has 2 heteroatoms. The van der Waals surface area contributed by atoms with E-state index in [1.165, 1.54) is 0 Å². The Hall–Kier alpha value is -1.02. The van der Waals surface area contributed by atoms with Gasteiger partial charge in [0.1, 0.15) is 0 Å². The molecule has 0 bridgehead atoms. The van der Waals surface area contributed by atoms with Gasteiger partial charge in [-0.05, 0) is 19.3 Å². The number of nitrogens with zero attached hydrogens (tertiary/aromatic N) is 2. The lowest BCUT2D eigenvalue weighted by molar-refractivity contribution is 0.514. The number of unbranched alkanes of at least 4 members (excludes halogenated alkanes) is 2. The number of rotatable bonds is 6. The first-order valence-corrected chi connectivity index (χ1v) is 4.61. The first-order chi connectivity index (χ1) is 5.85. The van der Waals surface area contributed by atoms with E-state index >= 15 is 0 Å². The van der Waals surface area contributed by atoms with E-state index in [1.54, 1.807) is 0 Å². The second kappa shape index (κ2) is 8.08. The third kappa shape index (κ3) is 5.74. The van der Waals surface area contributed by atoms with Gasteiger partial charge >= 0.3 is 0 Å². The van der Waals surface area contributed by atoms with Crippen molar-refractivity contribution < 1.29 is 0 Å². The van der Waals surface area contributed by atoms with Crippen molar-refractivity contribution in [1.82, 2.24) is 0 Å². The van der Waals surface area contributed by atoms with Gasteiger partial charge in [0, 0.05) is 12.3 Å². The highest BCUT2D eigenvalue weighted by Crippen LogP contribution is 2.14. The molecule has 0 aliphatic carbocycles. The van der Waals surface area contributed by atoms with E-state index in [0.717, 1.165) is 32.1 Å². The first kappa shape index (κ1) is 11.0. The second-order valence-electron chi connectivity index (χ2n) is 3.02. The van der Waals surface area contributed by atoms with Crippen LogP contribution in [0.3, 0.4) is 0 Å². The van der Waals surface area contributed by atoms with Gasteiger partial charge in [-0.15, -0.1) is 0 Å². The van der Waals surface area contributed by atoms with Gasteiger partial charge in [-0.2, -0.15) is 10.5 Å². The fourth-order valence-corrected chi connectivity index (χ4v) is 1.15. The van der Waals surface area contributed by atoms with Crippen LogP contribution in [0.4, 0.5) is 0 Å². The molecule has 12 heavy (non-hydrogen) atoms. The van der Waals surface area contributed by atoms with Gasteiger partial charge in [0.2, 0.25) is 0 Å². The van der Waals surface area contributed by atoms with Crippen LogP contribution in [0.1, 0.15) is 45.4 Å². The molecular weight excluding hydrogens is 148 g/mol. The molecule has 0 saturated carbocycles. The van der Waals surface area contributed by atoms with Crippen LogP contribution in [-0.4, -0.2) is 0 Å². The van der Waals surface area contributed by atoms with Crippen molar-refractivity contribution >= 4 is 0 Å². The molecule has 0 heterocycles. The zero-order chi connectivity index (χ0) is 9.23. The van der Waals surface area contributed by atoms with Crippen LogP contribution in [0, 0.1) is 28.6 Å². The Balaban J connectivity index is 3.43. The number of hydrogen-bond donors (Lipinski definition) is 0. The van der Waals surface area contributed by atoms with E-state index in [0.29, 0.717) is 6.42 Å². The van der Waals surface area contributed by atoms with Gasteiger partial charge in [-0.1, -0.05) is 19.8 Å². The van der Waals surface area contributed by atoms with Gasteiger partial charge in [0.15, 0.2) is 0 Å². The Morgan fingerprint density at radius 2 is 1.83 bits per heavy atom. The molecule has 0 amide bonds. The van der Waals surface area contributed by atoms with Crippen molar-refractivity contribution in [2.45, 2.75) is 45.4 Å². The highest BCUT2D eigenvalue weighted by atomic mass is 14.3. The molecule has 0 aliphatic rings. The predicted octanol–water partition coefficient (Wildman–Crippen LogP) is 3.01. The van der Waals surface area contributed by atoms with Crippen molar-refractivity contribution in [3.05, 3.63) is 0 Å². The van der Waals surface area contributed by atoms with Gasteiger partial charge in [0.05, 0.1) is 12.1 Å². The highest BCUT2D eigenvalue weighted by Gasteiger charge is 2.05. The first-order valence-electron chi connectivity index (χ1n) is 4.61. The lowest BCUT2D eigenvalue weighted by Gasteiger charge is -2.05. The van der Waals surface area contributed by atoms with Crippen molar-refractivity contribution in [1.29, 1.82) is 10.5 Å². The molecule has 0 aromatic carbocycles. The molecule has 2 nitrogen and oxygen atoms in total. The fourth-order valence-electron chi connectivity index (χ4n) is 1.15. The van der Waals surface area contributed by atoms with Crippen molar-refractivity contribution in [2.75, 3.05) is 0 Å². The molecule has 0 aromatic rings. The molecule has 0 radical (unpaired) electrons. The van der Waals surface area contributed by atoms with Gasteiger partial charge in [-0.3, -0.25) is 0 Å². The molecule has 66 valence electrons. The fraction of sp³-hybridized carbons (Fsp3) is 0.800. The average molecular weight is 164 g/mol. The maximum atomic E-state index is 8.72. The summed E-state index contributed by atoms with van der Waals surface area (Å²) in [5, 5.41) is 17.0. The Morgan fingerprint density at radius 3 is 2.33 bits per heavy atom. The zero-order valence-electron chi connectivity index (χ0n) is 7.71. The maximum Gasteiger partial charge on any atom is 0.0655 e. The monoisotopic (exact) mass is 164 g/mol. The van der Waals surface area contributed by atoms with E-state index in [9.17, 15) is 0 Å². The predicted molar refractivity (Wildman–Crippen MR) is 48.1 cm³/mol. The van der Waals surface area contributed by atoms with E-state index in [1.807, 2.05) is 0 Å². The summed E-state index contributed by atoms with van der Waals surface area (Å²) < 4.78 is 0. The lowest BCUT2D eigenvalue weighted by Crippen LogP contribution is -1.96. The van der Waals surface area contributed by atoms with Crippen LogP contribution in [0.2, 0.25) is 0 Å². The van der Waals surface area contributed by atoms with Crippen LogP contribution in [0.5, 0.6) is 0 Å². The quantitative estimate of drug-likeness (QED) is 0.566. The van der Waals surface area contributed by atoms with Gasteiger partial charge in [0.25, 0.3) is 0 Å². The second-order valence-corrected chi connectivity index (χ2v) is 3.02. The summed E-state index contributed by atoms with van der Waals surface area (Å²) in [5.41, 5.74) is 0. The maximum absolute atomic E-state index is 8.72. The summed E-state index contributed by atoms with van der Waals surface area (Å²) in [6.45, 7) is 2.13. The largest absolute Gasteiger partial charge is 0.198 e. The van der Waals surface area contributed by atoms with Crippen molar-refractivity contribution in [2.24, 2.45) is 5.92 Å². The summed E-state index contributed by atoms with van der Waals surface area (Å²) in [6, 6.07) is 4.38. The summed E-state index contributed by atoms with van der Waals surface area (Å²) >= 11 is 0. The average Bonchev–Trinajstić information content (AvgIpc) is 2.11. The smallest absolute Gasteiger partial charge is 0.0655 e. The van der Waals surface area contributed by atoms with Crippen LogP contribution in [-0.2, 0) is 0 Å². The molecule has 1 unspecified atom stereocenters. The third-order valence-electron chi connectivity index (χ3n) is 1.93. The molecule has 1 atom stereocenters. The summed E-state index contributed by atoms with van der Waals surface area (Å²) in [4.78, 5) is 0. The Kier molecular flexibility index (Phi) is 7.39. The Labute approximate surface area is 74.8 Å². The molecular formula is C10H16N2. The van der Waals surface area contributed by atoms with E-state index in [4.69, 9.17) is 10.5 Å². The topological polar surface area (TPSA) is 47.6 Å². The standard InChI is InChI=1S/C10H16N2/c1-2-3-6-10(9-12)7-4-5-8-11/h10H,2-7H2,1H3. The highest BCUT2D eigenvalue weighted by molar-refractivity contribution is 4.83. The van der Waals surface area contributed by atoms with E-state index in [2.05, 4.69) is 19.1 Å². The normalized spacial score (nSPS) is 11.6. The molecule has 0 rings (SSSR count). The summed E-state index contributed by atoms with van der Waals surface area (Å²) in [7, 11) is 0. The minimum atomic E-state index is 0.179. The number of hydrogen-bond acceptors (Lipinski definition) is 2. The Morgan fingerprint density at radius 1 is 1.17 bits per heavy atom. The van der Waals surface area contributed by atoms with E-state index in [-0.39, 0.29) is 5.92 Å². The summed E-state index contributed by atoms with van der Waals surface area (Å²) in [6.07, 6.45) is 5.63. The molecule has 0 aliphatic heterocycles. The van der Waals surface area contributed by atoms with Gasteiger partial charge in [-0.25, -0.2) is 0 Å². The van der Waals surface area contributed by atoms with Crippen LogP contribution >= 0.6 is 0 Å². The van der Waals surface area contributed by atoms with Crippen LogP contribution in [0.25, 0.3) is 0 Å². The van der Waals surface area contributed by atoms with Crippen LogP contribution in [0.15, 0.2) is 0 Å². The van der Waals surface area contributed by atoms with Crippen LogP contribution < -0.4 is 0 Å². The summed E-state index contributed by atoms with van der Waals surface area (Å²) in [5.74, 6) is 0.179. The minimum Gasteiger partial charge on any atom is -0.198 e. The lowest BCUT2D eigenvalue weighted by atomic mass is 9.98. The van der Waals surface area contributed by atoms with E-state index < -0.39 is 0 Å². The molecule has 0 N–H and O–H groups in total. The SMILES string of the molecule is CCCCC(C#N)CCCC#N. The number of nitriles is 2. The zero-order valence-corrected chi connectivity index (χ0v) is 7.71. The Bertz CT molecular complexity index is 173. The molecule has 0 aromatic heterocycles. The molecule has 0 saturated heterocycles. The van der Waals surface area contributed by atoms with Gasteiger partial charge < -0.3 is 0 Å². The van der Waals surface area contributed by atoms with Crippen molar-refractivity contribution in [3.63, 3.8) is 0 Å². The molecule has 0 fully saturated rings.